The molecule has 1 atom stereocenters. The van der Waals surface area contributed by atoms with Gasteiger partial charge in [-0.25, -0.2) is 19.3 Å². The first kappa shape index (κ1) is 17.1. The number of hydrogen-bond acceptors (Lipinski definition) is 7. The number of ether oxygens (including phenoxy) is 3. The van der Waals surface area contributed by atoms with Crippen LogP contribution in [0.1, 0.15) is 5.56 Å². The van der Waals surface area contributed by atoms with Crippen molar-refractivity contribution in [3.05, 3.63) is 42.7 Å². The zero-order chi connectivity index (χ0) is 19.4. The van der Waals surface area contributed by atoms with Crippen LogP contribution in [0.2, 0.25) is 0 Å². The molecule has 28 heavy (non-hydrogen) atoms. The van der Waals surface area contributed by atoms with E-state index in [2.05, 4.69) is 21.9 Å². The van der Waals surface area contributed by atoms with Gasteiger partial charge in [0.2, 0.25) is 5.88 Å². The molecule has 1 aliphatic rings. The molecule has 0 saturated carbocycles. The molecule has 0 spiro atoms. The smallest absolute Gasteiger partial charge is 0.232 e. The highest BCUT2D eigenvalue weighted by molar-refractivity contribution is 7.22. The quantitative estimate of drug-likeness (QED) is 0.502. The lowest BCUT2D eigenvalue weighted by molar-refractivity contribution is 0.122. The van der Waals surface area contributed by atoms with Gasteiger partial charge >= 0.3 is 0 Å². The van der Waals surface area contributed by atoms with Gasteiger partial charge in [0, 0.05) is 11.6 Å². The van der Waals surface area contributed by atoms with Gasteiger partial charge in [-0.1, -0.05) is 0 Å². The average Bonchev–Trinajstić information content (AvgIpc) is 3.12. The Balaban J connectivity index is 1.75. The number of aromatic nitrogens is 3. The van der Waals surface area contributed by atoms with Gasteiger partial charge < -0.3 is 14.2 Å². The number of benzene rings is 2. The molecule has 0 saturated heterocycles. The number of halogens is 1. The molecule has 0 aliphatic carbocycles. The van der Waals surface area contributed by atoms with Crippen LogP contribution in [0.4, 0.5) is 4.39 Å². The summed E-state index contributed by atoms with van der Waals surface area (Å²) in [6, 6.07) is 5.20. The Hall–Kier alpha value is -3.00. The molecule has 4 aromatic rings. The second-order valence-electron chi connectivity index (χ2n) is 6.53. The Morgan fingerprint density at radius 1 is 1.25 bits per heavy atom. The molecule has 2 aromatic carbocycles. The molecule has 0 unspecified atom stereocenters. The van der Waals surface area contributed by atoms with Crippen LogP contribution in [0.15, 0.2) is 24.4 Å². The van der Waals surface area contributed by atoms with Crippen molar-refractivity contribution in [2.24, 2.45) is 0 Å². The van der Waals surface area contributed by atoms with Crippen LogP contribution in [0.3, 0.4) is 0 Å². The molecule has 0 fully saturated rings. The second-order valence-corrected chi connectivity index (χ2v) is 7.52. The largest absolute Gasteiger partial charge is 0.484 e. The molecule has 5 rings (SSSR count). The van der Waals surface area contributed by atoms with Gasteiger partial charge in [0.25, 0.3) is 0 Å². The first-order valence-corrected chi connectivity index (χ1v) is 9.42. The minimum absolute atomic E-state index is 0.251. The molecule has 8 heteroatoms. The van der Waals surface area contributed by atoms with Crippen LogP contribution < -0.4 is 14.2 Å². The van der Waals surface area contributed by atoms with Crippen molar-refractivity contribution in [1.82, 2.24) is 15.0 Å². The molecule has 1 aliphatic heterocycles. The maximum absolute atomic E-state index is 14.7. The third-order valence-electron chi connectivity index (χ3n) is 4.46. The van der Waals surface area contributed by atoms with Crippen molar-refractivity contribution in [3.8, 4) is 28.0 Å². The maximum Gasteiger partial charge on any atom is 0.232 e. The Morgan fingerprint density at radius 2 is 2.11 bits per heavy atom. The molecular formula is C20H15FN3O3S. The number of rotatable bonds is 2. The van der Waals surface area contributed by atoms with Crippen molar-refractivity contribution >= 4 is 32.6 Å². The highest BCUT2D eigenvalue weighted by Gasteiger charge is 2.25. The topological polar surface area (TPSA) is 66.4 Å². The van der Waals surface area contributed by atoms with E-state index in [1.165, 1.54) is 17.4 Å². The molecule has 141 valence electrons. The van der Waals surface area contributed by atoms with Crippen molar-refractivity contribution in [2.45, 2.75) is 13.0 Å². The van der Waals surface area contributed by atoms with Crippen molar-refractivity contribution < 1.29 is 18.6 Å². The Kier molecular flexibility index (Phi) is 3.83. The summed E-state index contributed by atoms with van der Waals surface area (Å²) in [5.41, 5.74) is 3.39. The number of methoxy groups -OCH3 is 1. The number of hydrogen-bond donors (Lipinski definition) is 0. The van der Waals surface area contributed by atoms with Crippen molar-refractivity contribution in [1.29, 1.82) is 0 Å². The predicted molar refractivity (Wildman–Crippen MR) is 105 cm³/mol. The van der Waals surface area contributed by atoms with Crippen LogP contribution in [-0.2, 0) is 0 Å². The third kappa shape index (κ3) is 2.63. The summed E-state index contributed by atoms with van der Waals surface area (Å²) in [6.45, 7) is 6.08. The molecular weight excluding hydrogens is 381 g/mol. The Labute approximate surface area is 163 Å². The van der Waals surface area contributed by atoms with Crippen LogP contribution in [0, 0.1) is 19.7 Å². The van der Waals surface area contributed by atoms with Gasteiger partial charge in [0.1, 0.15) is 27.9 Å². The van der Waals surface area contributed by atoms with E-state index in [9.17, 15) is 4.39 Å². The third-order valence-corrected chi connectivity index (χ3v) is 5.54. The zero-order valence-corrected chi connectivity index (χ0v) is 16.0. The van der Waals surface area contributed by atoms with Crippen LogP contribution in [0.5, 0.6) is 17.4 Å². The molecule has 3 heterocycles. The summed E-state index contributed by atoms with van der Waals surface area (Å²) < 4.78 is 31.8. The van der Waals surface area contributed by atoms with Gasteiger partial charge in [-0.3, -0.25) is 0 Å². The number of aryl methyl sites for hydroxylation is 1. The summed E-state index contributed by atoms with van der Waals surface area (Å²) in [5, 5.41) is 0.635. The van der Waals surface area contributed by atoms with Crippen molar-refractivity contribution in [3.63, 3.8) is 0 Å². The lowest BCUT2D eigenvalue weighted by Crippen LogP contribution is -2.26. The van der Waals surface area contributed by atoms with Crippen LogP contribution >= 0.6 is 11.3 Å². The molecule has 0 amide bonds. The molecule has 6 nitrogen and oxygen atoms in total. The average molecular weight is 396 g/mol. The SMILES string of the molecule is [CH2][C@@H]1COc2c(cc(F)c3nc(-c4cc(C)cc5nc(OC)cnc45)sc23)O1. The van der Waals surface area contributed by atoms with Crippen LogP contribution in [0.25, 0.3) is 31.8 Å². The summed E-state index contributed by atoms with van der Waals surface area (Å²) in [5.74, 6) is 0.829. The van der Waals surface area contributed by atoms with Gasteiger partial charge in [0.05, 0.1) is 24.3 Å². The first-order valence-electron chi connectivity index (χ1n) is 8.61. The van der Waals surface area contributed by atoms with E-state index in [0.29, 0.717) is 44.7 Å². The highest BCUT2D eigenvalue weighted by atomic mass is 32.1. The summed E-state index contributed by atoms with van der Waals surface area (Å²) >= 11 is 1.34. The molecule has 2 aromatic heterocycles. The first-order chi connectivity index (χ1) is 13.5. The summed E-state index contributed by atoms with van der Waals surface area (Å²) in [4.78, 5) is 13.5. The molecule has 1 radical (unpaired) electrons. The lowest BCUT2D eigenvalue weighted by Gasteiger charge is -2.23. The fourth-order valence-corrected chi connectivity index (χ4v) is 4.32. The minimum Gasteiger partial charge on any atom is -0.484 e. The number of fused-ring (bicyclic) bond motifs is 4. The standard InChI is InChI=1S/C20H15FN3O3S/c1-9-4-11(16-13(5-9)23-15(25-3)7-22-16)20-24-17-12(21)6-14-18(19(17)28-20)26-8-10(2)27-14/h4-7,10H,2,8H2,1,3H3/t10-/m1/s1. The number of thiazole rings is 1. The monoisotopic (exact) mass is 396 g/mol. The van der Waals surface area contributed by atoms with E-state index >= 15 is 0 Å². The van der Waals surface area contributed by atoms with Crippen LogP contribution in [-0.4, -0.2) is 34.8 Å². The van der Waals surface area contributed by atoms with Gasteiger partial charge in [-0.2, -0.15) is 0 Å². The van der Waals surface area contributed by atoms with E-state index in [-0.39, 0.29) is 11.6 Å². The zero-order valence-electron chi connectivity index (χ0n) is 15.2. The van der Waals surface area contributed by atoms with Crippen molar-refractivity contribution in [2.75, 3.05) is 13.7 Å². The summed E-state index contributed by atoms with van der Waals surface area (Å²) in [6.07, 6.45) is 1.19. The van der Waals surface area contributed by atoms with E-state index in [0.717, 1.165) is 11.1 Å². The predicted octanol–water partition coefficient (Wildman–Crippen LogP) is 4.34. The van der Waals surface area contributed by atoms with Gasteiger partial charge in [0.15, 0.2) is 17.3 Å². The molecule has 0 N–H and O–H groups in total. The summed E-state index contributed by atoms with van der Waals surface area (Å²) in [7, 11) is 1.55. The Bertz CT molecular complexity index is 1240. The fraction of sp³-hybridized carbons (Fsp3) is 0.200. The fourth-order valence-electron chi connectivity index (χ4n) is 3.24. The maximum atomic E-state index is 14.7. The van der Waals surface area contributed by atoms with E-state index in [4.69, 9.17) is 14.2 Å². The van der Waals surface area contributed by atoms with E-state index in [1.54, 1.807) is 13.3 Å². The Morgan fingerprint density at radius 3 is 2.93 bits per heavy atom. The van der Waals surface area contributed by atoms with Gasteiger partial charge in [-0.15, -0.1) is 11.3 Å². The second kappa shape index (κ2) is 6.27. The number of nitrogens with zero attached hydrogens (tertiary/aromatic N) is 3. The van der Waals surface area contributed by atoms with E-state index in [1.807, 2.05) is 19.1 Å². The normalized spacial score (nSPS) is 15.9. The lowest BCUT2D eigenvalue weighted by atomic mass is 10.1. The minimum atomic E-state index is -0.460. The highest BCUT2D eigenvalue weighted by Crippen LogP contribution is 2.45. The van der Waals surface area contributed by atoms with E-state index < -0.39 is 5.82 Å². The molecule has 0 bridgehead atoms. The van der Waals surface area contributed by atoms with Gasteiger partial charge in [-0.05, 0) is 31.5 Å².